The molecule has 0 atom stereocenters. The molecule has 118 valence electrons. The number of nitrogens with zero attached hydrogens (tertiary/aromatic N) is 1. The fourth-order valence-electron chi connectivity index (χ4n) is 2.02. The SMILES string of the molecule is Cc1nc(CSc2ccc(C(=O)NCc3cccs3)cc2)cs1. The van der Waals surface area contributed by atoms with E-state index in [-0.39, 0.29) is 5.91 Å². The Hall–Kier alpha value is -1.63. The smallest absolute Gasteiger partial charge is 0.251 e. The molecule has 0 unspecified atom stereocenters. The van der Waals surface area contributed by atoms with Gasteiger partial charge in [0.15, 0.2) is 0 Å². The molecule has 0 aliphatic heterocycles. The van der Waals surface area contributed by atoms with Gasteiger partial charge in [-0.15, -0.1) is 34.4 Å². The van der Waals surface area contributed by atoms with Crippen molar-refractivity contribution in [3.05, 3.63) is 68.3 Å². The predicted octanol–water partition coefficient (Wildman–Crippen LogP) is 4.74. The molecule has 2 aromatic heterocycles. The Morgan fingerprint density at radius 3 is 2.70 bits per heavy atom. The lowest BCUT2D eigenvalue weighted by atomic mass is 10.2. The number of rotatable bonds is 6. The second-order valence-electron chi connectivity index (χ2n) is 4.93. The van der Waals surface area contributed by atoms with Gasteiger partial charge in [-0.3, -0.25) is 4.79 Å². The first-order chi connectivity index (χ1) is 11.2. The topological polar surface area (TPSA) is 42.0 Å². The van der Waals surface area contributed by atoms with Gasteiger partial charge < -0.3 is 5.32 Å². The summed E-state index contributed by atoms with van der Waals surface area (Å²) in [5.41, 5.74) is 1.80. The van der Waals surface area contributed by atoms with Crippen molar-refractivity contribution in [3.8, 4) is 0 Å². The van der Waals surface area contributed by atoms with Crippen LogP contribution in [0, 0.1) is 6.92 Å². The van der Waals surface area contributed by atoms with Crippen LogP contribution in [0.2, 0.25) is 0 Å². The number of thiophene rings is 1. The van der Waals surface area contributed by atoms with E-state index in [1.165, 1.54) is 0 Å². The molecule has 0 spiro atoms. The molecule has 1 aromatic carbocycles. The maximum atomic E-state index is 12.1. The van der Waals surface area contributed by atoms with E-state index in [0.717, 1.165) is 26.2 Å². The third kappa shape index (κ3) is 4.67. The second-order valence-corrected chi connectivity index (χ2v) is 8.08. The van der Waals surface area contributed by atoms with E-state index in [1.54, 1.807) is 34.4 Å². The van der Waals surface area contributed by atoms with Gasteiger partial charge in [-0.05, 0) is 42.6 Å². The minimum atomic E-state index is -0.0370. The maximum Gasteiger partial charge on any atom is 0.251 e. The van der Waals surface area contributed by atoms with Crippen molar-refractivity contribution >= 4 is 40.3 Å². The number of aryl methyl sites for hydroxylation is 1. The van der Waals surface area contributed by atoms with Gasteiger partial charge in [0.05, 0.1) is 17.2 Å². The third-order valence-corrected chi connectivity index (χ3v) is 5.92. The average Bonchev–Trinajstić information content (AvgIpc) is 3.22. The van der Waals surface area contributed by atoms with Gasteiger partial charge >= 0.3 is 0 Å². The summed E-state index contributed by atoms with van der Waals surface area (Å²) in [6, 6.07) is 11.7. The van der Waals surface area contributed by atoms with Crippen LogP contribution in [0.3, 0.4) is 0 Å². The molecule has 2 heterocycles. The maximum absolute atomic E-state index is 12.1. The Kier molecular flexibility index (Phi) is 5.48. The second kappa shape index (κ2) is 7.77. The number of carbonyl (C=O) groups is 1. The minimum Gasteiger partial charge on any atom is -0.347 e. The molecule has 1 amide bonds. The fraction of sp³-hybridized carbons (Fsp3) is 0.176. The normalized spacial score (nSPS) is 10.7. The van der Waals surface area contributed by atoms with Gasteiger partial charge in [-0.1, -0.05) is 6.07 Å². The summed E-state index contributed by atoms with van der Waals surface area (Å²) in [5.74, 6) is 0.818. The zero-order valence-corrected chi connectivity index (χ0v) is 15.1. The van der Waals surface area contributed by atoms with E-state index < -0.39 is 0 Å². The number of hydrogen-bond donors (Lipinski definition) is 1. The van der Waals surface area contributed by atoms with Gasteiger partial charge in [-0.2, -0.15) is 0 Å². The van der Waals surface area contributed by atoms with Crippen molar-refractivity contribution in [2.45, 2.75) is 24.1 Å². The van der Waals surface area contributed by atoms with E-state index in [1.807, 2.05) is 48.7 Å². The summed E-state index contributed by atoms with van der Waals surface area (Å²) in [7, 11) is 0. The number of thioether (sulfide) groups is 1. The first-order valence-corrected chi connectivity index (χ1v) is 9.89. The van der Waals surface area contributed by atoms with E-state index in [0.29, 0.717) is 12.1 Å². The Bertz CT molecular complexity index is 764. The monoisotopic (exact) mass is 360 g/mol. The van der Waals surface area contributed by atoms with Gasteiger partial charge in [-0.25, -0.2) is 4.98 Å². The van der Waals surface area contributed by atoms with Gasteiger partial charge in [0.2, 0.25) is 0 Å². The fourth-order valence-corrected chi connectivity index (χ4v) is 4.17. The molecule has 6 heteroatoms. The van der Waals surface area contributed by atoms with Crippen LogP contribution in [0.1, 0.15) is 25.9 Å². The van der Waals surface area contributed by atoms with Crippen LogP contribution in [0.4, 0.5) is 0 Å². The predicted molar refractivity (Wildman–Crippen MR) is 98.3 cm³/mol. The minimum absolute atomic E-state index is 0.0370. The number of amides is 1. The molecule has 0 bridgehead atoms. The van der Waals surface area contributed by atoms with Crippen molar-refractivity contribution in [1.82, 2.24) is 10.3 Å². The highest BCUT2D eigenvalue weighted by molar-refractivity contribution is 7.98. The van der Waals surface area contributed by atoms with E-state index in [4.69, 9.17) is 0 Å². The molecular formula is C17H16N2OS3. The molecular weight excluding hydrogens is 344 g/mol. The molecule has 0 fully saturated rings. The summed E-state index contributed by atoms with van der Waals surface area (Å²) in [4.78, 5) is 18.9. The van der Waals surface area contributed by atoms with Gasteiger partial charge in [0.25, 0.3) is 5.91 Å². The van der Waals surface area contributed by atoms with Crippen molar-refractivity contribution in [2.75, 3.05) is 0 Å². The lowest BCUT2D eigenvalue weighted by Gasteiger charge is -2.05. The van der Waals surface area contributed by atoms with Crippen LogP contribution in [0.25, 0.3) is 0 Å². The number of nitrogens with one attached hydrogen (secondary N) is 1. The molecule has 0 radical (unpaired) electrons. The Morgan fingerprint density at radius 2 is 2.04 bits per heavy atom. The van der Waals surface area contributed by atoms with Crippen molar-refractivity contribution < 1.29 is 4.79 Å². The molecule has 1 N–H and O–H groups in total. The Balaban J connectivity index is 1.52. The van der Waals surface area contributed by atoms with E-state index >= 15 is 0 Å². The Labute approximate surface area is 147 Å². The molecule has 3 rings (SSSR count). The number of hydrogen-bond acceptors (Lipinski definition) is 5. The summed E-state index contributed by atoms with van der Waals surface area (Å²) < 4.78 is 0. The highest BCUT2D eigenvalue weighted by atomic mass is 32.2. The van der Waals surface area contributed by atoms with Crippen LogP contribution in [0.15, 0.2) is 52.1 Å². The van der Waals surface area contributed by atoms with Crippen LogP contribution >= 0.6 is 34.4 Å². The molecule has 0 saturated carbocycles. The third-order valence-electron chi connectivity index (χ3n) is 3.17. The number of benzene rings is 1. The van der Waals surface area contributed by atoms with Gasteiger partial charge in [0.1, 0.15) is 0 Å². The summed E-state index contributed by atoms with van der Waals surface area (Å²) >= 11 is 5.05. The first kappa shape index (κ1) is 16.2. The average molecular weight is 361 g/mol. The Morgan fingerprint density at radius 1 is 1.22 bits per heavy atom. The lowest BCUT2D eigenvalue weighted by Crippen LogP contribution is -2.22. The van der Waals surface area contributed by atoms with Crippen LogP contribution in [0.5, 0.6) is 0 Å². The largest absolute Gasteiger partial charge is 0.347 e. The molecule has 3 aromatic rings. The quantitative estimate of drug-likeness (QED) is 0.646. The summed E-state index contributed by atoms with van der Waals surface area (Å²) in [5, 5.41) is 8.14. The highest BCUT2D eigenvalue weighted by Crippen LogP contribution is 2.23. The van der Waals surface area contributed by atoms with Crippen LogP contribution in [-0.4, -0.2) is 10.9 Å². The number of aromatic nitrogens is 1. The number of thiazole rings is 1. The molecule has 3 nitrogen and oxygen atoms in total. The zero-order chi connectivity index (χ0) is 16.1. The van der Waals surface area contributed by atoms with Crippen molar-refractivity contribution in [2.24, 2.45) is 0 Å². The van der Waals surface area contributed by atoms with Gasteiger partial charge in [0, 0.05) is 26.5 Å². The molecule has 23 heavy (non-hydrogen) atoms. The summed E-state index contributed by atoms with van der Waals surface area (Å²) in [6.45, 7) is 2.60. The molecule has 0 saturated heterocycles. The van der Waals surface area contributed by atoms with Crippen molar-refractivity contribution in [3.63, 3.8) is 0 Å². The van der Waals surface area contributed by atoms with Crippen LogP contribution in [-0.2, 0) is 12.3 Å². The van der Waals surface area contributed by atoms with Crippen molar-refractivity contribution in [1.29, 1.82) is 0 Å². The number of carbonyl (C=O) groups excluding carboxylic acids is 1. The summed E-state index contributed by atoms with van der Waals surface area (Å²) in [6.07, 6.45) is 0. The van der Waals surface area contributed by atoms with E-state index in [2.05, 4.69) is 15.7 Å². The molecule has 0 aliphatic rings. The molecule has 0 aliphatic carbocycles. The van der Waals surface area contributed by atoms with Crippen LogP contribution < -0.4 is 5.32 Å². The van der Waals surface area contributed by atoms with E-state index in [9.17, 15) is 4.79 Å². The first-order valence-electron chi connectivity index (χ1n) is 7.15. The highest BCUT2D eigenvalue weighted by Gasteiger charge is 2.06. The standard InChI is InChI=1S/C17H16N2OS3/c1-12-19-14(10-22-12)11-23-15-6-4-13(5-7-15)17(20)18-9-16-3-2-8-21-16/h2-8,10H,9,11H2,1H3,(H,18,20). The lowest BCUT2D eigenvalue weighted by molar-refractivity contribution is 0.0951. The zero-order valence-electron chi connectivity index (χ0n) is 12.6.